The fourth-order valence-electron chi connectivity index (χ4n) is 3.10. The molecule has 0 saturated carbocycles. The number of imidazole rings is 2. The van der Waals surface area contributed by atoms with E-state index in [1.807, 2.05) is 0 Å². The highest BCUT2D eigenvalue weighted by molar-refractivity contribution is 7.98. The molecule has 32 heavy (non-hydrogen) atoms. The molecule has 0 unspecified atom stereocenters. The Bertz CT molecular complexity index is 1300. The first-order valence-corrected chi connectivity index (χ1v) is 10.8. The van der Waals surface area contributed by atoms with Crippen LogP contribution in [0.1, 0.15) is 21.7 Å². The number of thioether (sulfide) groups is 1. The van der Waals surface area contributed by atoms with Gasteiger partial charge in [-0.25, -0.2) is 9.97 Å². The maximum atomic E-state index is 13.8. The van der Waals surface area contributed by atoms with Crippen LogP contribution in [-0.2, 0) is 19.0 Å². The van der Waals surface area contributed by atoms with Crippen molar-refractivity contribution in [3.8, 4) is 0 Å². The fourth-order valence-corrected chi connectivity index (χ4v) is 4.61. The van der Waals surface area contributed by atoms with Crippen molar-refractivity contribution in [2.75, 3.05) is 5.32 Å². The molecule has 4 aromatic rings. The van der Waals surface area contributed by atoms with Crippen LogP contribution in [0.3, 0.4) is 0 Å². The first kappa shape index (κ1) is 22.5. The third kappa shape index (κ3) is 4.30. The highest BCUT2D eigenvalue weighted by atomic mass is 35.5. The van der Waals surface area contributed by atoms with E-state index in [9.17, 15) is 18.0 Å². The highest BCUT2D eigenvalue weighted by Crippen LogP contribution is 2.36. The number of hydrogen-bond acceptors (Lipinski definition) is 4. The van der Waals surface area contributed by atoms with Gasteiger partial charge in [-0.05, 0) is 24.3 Å². The van der Waals surface area contributed by atoms with Gasteiger partial charge in [-0.3, -0.25) is 4.79 Å². The second-order valence-electron chi connectivity index (χ2n) is 6.68. The monoisotopic (exact) mass is 499 g/mol. The summed E-state index contributed by atoms with van der Waals surface area (Å²) in [6.07, 6.45) is 0.0465. The van der Waals surface area contributed by atoms with Crippen molar-refractivity contribution in [1.29, 1.82) is 0 Å². The molecule has 0 radical (unpaired) electrons. The van der Waals surface area contributed by atoms with E-state index in [0.29, 0.717) is 5.16 Å². The fraction of sp³-hybridized carbons (Fsp3) is 0.150. The Kier molecular flexibility index (Phi) is 6.11. The second kappa shape index (κ2) is 8.68. The minimum absolute atomic E-state index is 0.0194. The number of fused-ring (bicyclic) bond motifs is 1. The molecular weight excluding hydrogens is 486 g/mol. The minimum Gasteiger partial charge on any atom is -0.329 e. The van der Waals surface area contributed by atoms with Crippen molar-refractivity contribution in [3.05, 3.63) is 75.9 Å². The number of benzene rings is 1. The summed E-state index contributed by atoms with van der Waals surface area (Å²) in [7, 11) is 1.75. The van der Waals surface area contributed by atoms with Crippen molar-refractivity contribution >= 4 is 52.2 Å². The van der Waals surface area contributed by atoms with E-state index in [2.05, 4.69) is 15.3 Å². The predicted octanol–water partition coefficient (Wildman–Crippen LogP) is 5.94. The SMILES string of the molecule is Cn1ccnc1SCc1c(C(F)(F)F)nc2c(NC(=O)c3c(Cl)cccc3Cl)cccn12. The molecule has 1 aromatic carbocycles. The van der Waals surface area contributed by atoms with E-state index in [4.69, 9.17) is 23.2 Å². The molecule has 0 aliphatic heterocycles. The predicted molar refractivity (Wildman–Crippen MR) is 117 cm³/mol. The maximum Gasteiger partial charge on any atom is 0.435 e. The van der Waals surface area contributed by atoms with E-state index < -0.39 is 17.8 Å². The van der Waals surface area contributed by atoms with Gasteiger partial charge in [0.15, 0.2) is 16.5 Å². The summed E-state index contributed by atoms with van der Waals surface area (Å²) in [5.41, 5.74) is -1.03. The van der Waals surface area contributed by atoms with Crippen molar-refractivity contribution in [1.82, 2.24) is 18.9 Å². The van der Waals surface area contributed by atoms with Crippen LogP contribution in [0, 0.1) is 0 Å². The highest BCUT2D eigenvalue weighted by Gasteiger charge is 2.38. The van der Waals surface area contributed by atoms with Gasteiger partial charge in [0.2, 0.25) is 0 Å². The summed E-state index contributed by atoms with van der Waals surface area (Å²) in [4.78, 5) is 20.7. The van der Waals surface area contributed by atoms with E-state index in [-0.39, 0.29) is 38.4 Å². The summed E-state index contributed by atoms with van der Waals surface area (Å²) in [6, 6.07) is 7.55. The molecule has 3 heterocycles. The number of halogens is 5. The van der Waals surface area contributed by atoms with Crippen LogP contribution in [0.15, 0.2) is 54.1 Å². The Labute approximate surface area is 194 Å². The summed E-state index contributed by atoms with van der Waals surface area (Å²) in [6.45, 7) is 0. The average molecular weight is 500 g/mol. The van der Waals surface area contributed by atoms with E-state index in [1.165, 1.54) is 34.9 Å². The number of aryl methyl sites for hydroxylation is 1. The molecule has 0 aliphatic carbocycles. The van der Waals surface area contributed by atoms with Crippen LogP contribution in [-0.4, -0.2) is 24.8 Å². The Balaban J connectivity index is 1.75. The molecule has 6 nitrogen and oxygen atoms in total. The number of alkyl halides is 3. The van der Waals surface area contributed by atoms with Gasteiger partial charge in [0.25, 0.3) is 5.91 Å². The molecule has 4 rings (SSSR count). The van der Waals surface area contributed by atoms with Crippen molar-refractivity contribution < 1.29 is 18.0 Å². The number of carbonyl (C=O) groups is 1. The smallest absolute Gasteiger partial charge is 0.329 e. The molecule has 0 saturated heterocycles. The average Bonchev–Trinajstić information content (AvgIpc) is 3.30. The lowest BCUT2D eigenvalue weighted by Crippen LogP contribution is -2.14. The van der Waals surface area contributed by atoms with Crippen LogP contribution < -0.4 is 5.32 Å². The van der Waals surface area contributed by atoms with Crippen molar-refractivity contribution in [3.63, 3.8) is 0 Å². The number of nitrogens with zero attached hydrogens (tertiary/aromatic N) is 4. The Hall–Kier alpha value is -2.69. The number of nitrogens with one attached hydrogen (secondary N) is 1. The van der Waals surface area contributed by atoms with E-state index in [1.54, 1.807) is 30.1 Å². The number of rotatable bonds is 5. The van der Waals surface area contributed by atoms with Gasteiger partial charge in [0.1, 0.15) is 0 Å². The largest absolute Gasteiger partial charge is 0.435 e. The lowest BCUT2D eigenvalue weighted by Gasteiger charge is -2.10. The Morgan fingerprint density at radius 2 is 1.88 bits per heavy atom. The van der Waals surface area contributed by atoms with Crippen LogP contribution in [0.5, 0.6) is 0 Å². The summed E-state index contributed by atoms with van der Waals surface area (Å²) in [5, 5.41) is 3.37. The first-order valence-electron chi connectivity index (χ1n) is 9.09. The van der Waals surface area contributed by atoms with Crippen LogP contribution in [0.25, 0.3) is 5.65 Å². The Morgan fingerprint density at radius 3 is 2.50 bits per heavy atom. The number of hydrogen-bond donors (Lipinski definition) is 1. The molecule has 3 aromatic heterocycles. The third-order valence-electron chi connectivity index (χ3n) is 4.57. The van der Waals surface area contributed by atoms with Gasteiger partial charge >= 0.3 is 6.18 Å². The molecule has 0 fully saturated rings. The third-order valence-corrected chi connectivity index (χ3v) is 6.27. The maximum absolute atomic E-state index is 13.8. The molecule has 1 N–H and O–H groups in total. The topological polar surface area (TPSA) is 64.2 Å². The molecule has 0 aliphatic rings. The van der Waals surface area contributed by atoms with Crippen LogP contribution in [0.2, 0.25) is 10.0 Å². The zero-order valence-electron chi connectivity index (χ0n) is 16.3. The molecule has 1 amide bonds. The molecule has 166 valence electrons. The number of aromatic nitrogens is 4. The molecule has 0 atom stereocenters. The lowest BCUT2D eigenvalue weighted by atomic mass is 10.2. The summed E-state index contributed by atoms with van der Waals surface area (Å²) >= 11 is 13.3. The number of amides is 1. The lowest BCUT2D eigenvalue weighted by molar-refractivity contribution is -0.141. The van der Waals surface area contributed by atoms with E-state index >= 15 is 0 Å². The molecule has 0 spiro atoms. The van der Waals surface area contributed by atoms with Gasteiger partial charge in [-0.2, -0.15) is 13.2 Å². The number of carbonyl (C=O) groups excluding carboxylic acids is 1. The van der Waals surface area contributed by atoms with Crippen molar-refractivity contribution in [2.45, 2.75) is 17.1 Å². The molecular formula is C20H14Cl2F3N5OS. The minimum atomic E-state index is -4.68. The van der Waals surface area contributed by atoms with Gasteiger partial charge in [-0.15, -0.1) is 0 Å². The van der Waals surface area contributed by atoms with Crippen LogP contribution in [0.4, 0.5) is 18.9 Å². The first-order chi connectivity index (χ1) is 15.2. The normalized spacial score (nSPS) is 11.8. The zero-order valence-corrected chi connectivity index (χ0v) is 18.6. The Morgan fingerprint density at radius 1 is 1.16 bits per heavy atom. The van der Waals surface area contributed by atoms with Gasteiger partial charge in [0.05, 0.1) is 27.0 Å². The van der Waals surface area contributed by atoms with Crippen LogP contribution >= 0.6 is 35.0 Å². The number of anilines is 1. The van der Waals surface area contributed by atoms with Gasteiger partial charge < -0.3 is 14.3 Å². The standard InChI is InChI=1S/C20H14Cl2F3N5OS/c1-29-9-7-26-19(29)32-10-14-16(20(23,24)25)28-17-13(6-3-8-30(14)17)27-18(31)15-11(21)4-2-5-12(15)22/h2-9H,10H2,1H3,(H,27,31). The zero-order chi connectivity index (χ0) is 23.0. The van der Waals surface area contributed by atoms with Gasteiger partial charge in [-0.1, -0.05) is 41.0 Å². The second-order valence-corrected chi connectivity index (χ2v) is 8.44. The van der Waals surface area contributed by atoms with Gasteiger partial charge in [0, 0.05) is 31.4 Å². The summed E-state index contributed by atoms with van der Waals surface area (Å²) in [5.74, 6) is -0.691. The molecule has 12 heteroatoms. The summed E-state index contributed by atoms with van der Waals surface area (Å²) < 4.78 is 44.3. The van der Waals surface area contributed by atoms with E-state index in [0.717, 1.165) is 11.8 Å². The van der Waals surface area contributed by atoms with Crippen molar-refractivity contribution in [2.24, 2.45) is 7.05 Å². The molecule has 0 bridgehead atoms. The quantitative estimate of drug-likeness (QED) is 0.345. The number of pyridine rings is 1.